The Bertz CT molecular complexity index is 1090. The first-order valence-corrected chi connectivity index (χ1v) is 9.35. The van der Waals surface area contributed by atoms with Gasteiger partial charge in [-0.3, -0.25) is 9.78 Å². The maximum absolute atomic E-state index is 12.4. The van der Waals surface area contributed by atoms with E-state index in [0.29, 0.717) is 23.8 Å². The van der Waals surface area contributed by atoms with E-state index in [9.17, 15) is 4.79 Å². The molecule has 7 heteroatoms. The van der Waals surface area contributed by atoms with Crippen LogP contribution in [0.25, 0.3) is 0 Å². The number of carbonyl (C=O) groups is 1. The molecule has 0 unspecified atom stereocenters. The molecule has 0 aliphatic carbocycles. The van der Waals surface area contributed by atoms with Gasteiger partial charge in [0.15, 0.2) is 0 Å². The second-order valence-electron chi connectivity index (χ2n) is 6.39. The van der Waals surface area contributed by atoms with Crippen LogP contribution in [0.1, 0.15) is 16.1 Å². The van der Waals surface area contributed by atoms with Crippen LogP contribution in [0, 0.1) is 0 Å². The number of carbonyl (C=O) groups excluding carboxylic acids is 1. The van der Waals surface area contributed by atoms with Crippen LogP contribution in [0.2, 0.25) is 0 Å². The molecular formula is C23H19N5O2. The third kappa shape index (κ3) is 5.17. The quantitative estimate of drug-likeness (QED) is 0.476. The Labute approximate surface area is 173 Å². The monoisotopic (exact) mass is 397 g/mol. The standard InChI is InChI=1S/C23H19N5O2/c29-23(21-15-27-22(16-25-21)26-14-17-10-12-24-13-11-17)28-18-6-8-20(9-7-18)30-19-4-2-1-3-5-19/h1-13,15-16H,14H2,(H,26,27)(H,28,29). The van der Waals surface area contributed by atoms with Gasteiger partial charge in [-0.25, -0.2) is 9.97 Å². The lowest BCUT2D eigenvalue weighted by Crippen LogP contribution is -2.14. The molecule has 0 bridgehead atoms. The molecule has 2 heterocycles. The normalized spacial score (nSPS) is 10.3. The summed E-state index contributed by atoms with van der Waals surface area (Å²) >= 11 is 0. The average molecular weight is 397 g/mol. The number of nitrogens with one attached hydrogen (secondary N) is 2. The van der Waals surface area contributed by atoms with E-state index in [1.54, 1.807) is 36.7 Å². The van der Waals surface area contributed by atoms with Crippen LogP contribution in [0.5, 0.6) is 11.5 Å². The first-order valence-electron chi connectivity index (χ1n) is 9.35. The van der Waals surface area contributed by atoms with Gasteiger partial charge in [-0.2, -0.15) is 0 Å². The summed E-state index contributed by atoms with van der Waals surface area (Å²) in [4.78, 5) is 24.8. The highest BCUT2D eigenvalue weighted by Gasteiger charge is 2.09. The van der Waals surface area contributed by atoms with Crippen LogP contribution in [-0.2, 0) is 6.54 Å². The highest BCUT2D eigenvalue weighted by atomic mass is 16.5. The lowest BCUT2D eigenvalue weighted by molar-refractivity contribution is 0.102. The lowest BCUT2D eigenvalue weighted by atomic mass is 10.3. The minimum Gasteiger partial charge on any atom is -0.457 e. The van der Waals surface area contributed by atoms with E-state index in [2.05, 4.69) is 25.6 Å². The minimum absolute atomic E-state index is 0.231. The predicted octanol–water partition coefficient (Wildman–Crippen LogP) is 4.53. The second-order valence-corrected chi connectivity index (χ2v) is 6.39. The van der Waals surface area contributed by atoms with Gasteiger partial charge in [-0.1, -0.05) is 18.2 Å². The number of ether oxygens (including phenoxy) is 1. The fourth-order valence-corrected chi connectivity index (χ4v) is 2.66. The molecule has 30 heavy (non-hydrogen) atoms. The van der Waals surface area contributed by atoms with E-state index >= 15 is 0 Å². The van der Waals surface area contributed by atoms with Gasteiger partial charge < -0.3 is 15.4 Å². The van der Waals surface area contributed by atoms with E-state index in [0.717, 1.165) is 11.3 Å². The summed E-state index contributed by atoms with van der Waals surface area (Å²) in [5.74, 6) is 1.69. The van der Waals surface area contributed by atoms with Crippen LogP contribution in [0.15, 0.2) is 91.5 Å². The van der Waals surface area contributed by atoms with Crippen LogP contribution < -0.4 is 15.4 Å². The highest BCUT2D eigenvalue weighted by Crippen LogP contribution is 2.22. The van der Waals surface area contributed by atoms with Gasteiger partial charge in [0.05, 0.1) is 12.4 Å². The van der Waals surface area contributed by atoms with Crippen molar-refractivity contribution >= 4 is 17.4 Å². The second kappa shape index (κ2) is 9.29. The fraction of sp³-hybridized carbons (Fsp3) is 0.0435. The Morgan fingerprint density at radius 2 is 1.57 bits per heavy atom. The lowest BCUT2D eigenvalue weighted by Gasteiger charge is -2.08. The summed E-state index contributed by atoms with van der Waals surface area (Å²) in [6.45, 7) is 0.597. The number of nitrogens with zero attached hydrogens (tertiary/aromatic N) is 3. The van der Waals surface area contributed by atoms with E-state index in [-0.39, 0.29) is 11.6 Å². The van der Waals surface area contributed by atoms with Crippen molar-refractivity contribution in [3.8, 4) is 11.5 Å². The third-order valence-corrected chi connectivity index (χ3v) is 4.20. The van der Waals surface area contributed by atoms with Crippen LogP contribution in [0.3, 0.4) is 0 Å². The van der Waals surface area contributed by atoms with E-state index in [1.165, 1.54) is 12.4 Å². The van der Waals surface area contributed by atoms with Crippen molar-refractivity contribution in [1.29, 1.82) is 0 Å². The van der Waals surface area contributed by atoms with Gasteiger partial charge in [-0.15, -0.1) is 0 Å². The molecule has 0 saturated heterocycles. The van der Waals surface area contributed by atoms with Crippen molar-refractivity contribution < 1.29 is 9.53 Å². The van der Waals surface area contributed by atoms with Crippen molar-refractivity contribution in [3.63, 3.8) is 0 Å². The van der Waals surface area contributed by atoms with Crippen molar-refractivity contribution in [3.05, 3.63) is 103 Å². The molecule has 148 valence electrons. The smallest absolute Gasteiger partial charge is 0.275 e. The fourth-order valence-electron chi connectivity index (χ4n) is 2.66. The van der Waals surface area contributed by atoms with Gasteiger partial charge in [-0.05, 0) is 54.1 Å². The summed E-state index contributed by atoms with van der Waals surface area (Å²) in [6, 6.07) is 20.5. The van der Waals surface area contributed by atoms with Crippen LogP contribution >= 0.6 is 0 Å². The summed E-state index contributed by atoms with van der Waals surface area (Å²) in [7, 11) is 0. The number of para-hydroxylation sites is 1. The molecule has 4 aromatic rings. The number of anilines is 2. The molecular weight excluding hydrogens is 378 g/mol. The molecule has 0 radical (unpaired) electrons. The van der Waals surface area contributed by atoms with Gasteiger partial charge in [0.1, 0.15) is 23.0 Å². The molecule has 2 aromatic carbocycles. The molecule has 4 rings (SSSR count). The molecule has 2 N–H and O–H groups in total. The van der Waals surface area contributed by atoms with Gasteiger partial charge in [0.25, 0.3) is 5.91 Å². The van der Waals surface area contributed by atoms with E-state index < -0.39 is 0 Å². The predicted molar refractivity (Wildman–Crippen MR) is 115 cm³/mol. The van der Waals surface area contributed by atoms with Crippen LogP contribution in [0.4, 0.5) is 11.5 Å². The maximum atomic E-state index is 12.4. The highest BCUT2D eigenvalue weighted by molar-refractivity contribution is 6.02. The number of benzene rings is 2. The third-order valence-electron chi connectivity index (χ3n) is 4.20. The molecule has 2 aromatic heterocycles. The van der Waals surface area contributed by atoms with Gasteiger partial charge >= 0.3 is 0 Å². The maximum Gasteiger partial charge on any atom is 0.275 e. The Balaban J connectivity index is 1.32. The number of aromatic nitrogens is 3. The Morgan fingerprint density at radius 1 is 0.833 bits per heavy atom. The van der Waals surface area contributed by atoms with Crippen molar-refractivity contribution in [2.24, 2.45) is 0 Å². The largest absolute Gasteiger partial charge is 0.457 e. The van der Waals surface area contributed by atoms with Crippen molar-refractivity contribution in [2.75, 3.05) is 10.6 Å². The van der Waals surface area contributed by atoms with Gasteiger partial charge in [0.2, 0.25) is 0 Å². The number of hydrogen-bond acceptors (Lipinski definition) is 6. The molecule has 1 amide bonds. The number of pyridine rings is 1. The number of hydrogen-bond donors (Lipinski definition) is 2. The van der Waals surface area contributed by atoms with Crippen molar-refractivity contribution in [1.82, 2.24) is 15.0 Å². The summed E-state index contributed by atoms with van der Waals surface area (Å²) in [5.41, 5.74) is 1.95. The topological polar surface area (TPSA) is 89.0 Å². The zero-order chi connectivity index (χ0) is 20.6. The molecule has 0 aliphatic rings. The SMILES string of the molecule is O=C(Nc1ccc(Oc2ccccc2)cc1)c1cnc(NCc2ccncc2)cn1. The summed E-state index contributed by atoms with van der Waals surface area (Å²) in [6.07, 6.45) is 6.44. The zero-order valence-electron chi connectivity index (χ0n) is 16.0. The number of amides is 1. The molecule has 0 atom stereocenters. The first kappa shape index (κ1) is 19.1. The molecule has 7 nitrogen and oxygen atoms in total. The average Bonchev–Trinajstić information content (AvgIpc) is 2.81. The first-order chi connectivity index (χ1) is 14.8. The van der Waals surface area contributed by atoms with E-state index in [1.807, 2.05) is 42.5 Å². The summed E-state index contributed by atoms with van der Waals surface area (Å²) < 4.78 is 5.75. The zero-order valence-corrected chi connectivity index (χ0v) is 16.0. The molecule has 0 saturated carbocycles. The number of rotatable bonds is 7. The Hall–Kier alpha value is -4.26. The molecule has 0 spiro atoms. The van der Waals surface area contributed by atoms with E-state index in [4.69, 9.17) is 4.74 Å². The molecule has 0 aliphatic heterocycles. The summed E-state index contributed by atoms with van der Waals surface area (Å²) in [5, 5.41) is 5.96. The molecule has 0 fully saturated rings. The minimum atomic E-state index is -0.333. The Morgan fingerprint density at radius 3 is 2.27 bits per heavy atom. The van der Waals surface area contributed by atoms with Gasteiger partial charge in [0, 0.05) is 24.6 Å². The van der Waals surface area contributed by atoms with Crippen LogP contribution in [-0.4, -0.2) is 20.9 Å². The Kier molecular flexibility index (Phi) is 5.91. The van der Waals surface area contributed by atoms with Crippen molar-refractivity contribution in [2.45, 2.75) is 6.54 Å².